The first-order valence-electron chi connectivity index (χ1n) is 8.85. The Kier molecular flexibility index (Phi) is 4.65. The summed E-state index contributed by atoms with van der Waals surface area (Å²) in [5.74, 6) is 0.562. The summed E-state index contributed by atoms with van der Waals surface area (Å²) in [7, 11) is 0. The number of hydrogen-bond donors (Lipinski definition) is 2. The van der Waals surface area contributed by atoms with Gasteiger partial charge in [0.15, 0.2) is 0 Å². The van der Waals surface area contributed by atoms with Gasteiger partial charge in [0.25, 0.3) is 0 Å². The van der Waals surface area contributed by atoms with Gasteiger partial charge in [0.2, 0.25) is 0 Å². The highest BCUT2D eigenvalue weighted by Crippen LogP contribution is 2.32. The number of nitrogens with zero attached hydrogens (tertiary/aromatic N) is 4. The fourth-order valence-corrected chi connectivity index (χ4v) is 4.36. The molecule has 0 bridgehead atoms. The fraction of sp³-hybridized carbons (Fsp3) is 0.368. The van der Waals surface area contributed by atoms with Gasteiger partial charge in [-0.15, -0.1) is 11.3 Å². The lowest BCUT2D eigenvalue weighted by Crippen LogP contribution is -2.27. The van der Waals surface area contributed by atoms with Crippen LogP contribution in [-0.4, -0.2) is 33.0 Å². The number of nitrogens with one attached hydrogen (secondary N) is 1. The van der Waals surface area contributed by atoms with Gasteiger partial charge in [-0.05, 0) is 45.4 Å². The van der Waals surface area contributed by atoms with Gasteiger partial charge in [-0.3, -0.25) is 15.0 Å². The first-order valence-corrected chi connectivity index (χ1v) is 9.67. The molecule has 1 fully saturated rings. The lowest BCUT2D eigenvalue weighted by molar-refractivity contribution is 0.466. The molecule has 0 radical (unpaired) electrons. The van der Waals surface area contributed by atoms with Crippen LogP contribution in [0.3, 0.4) is 0 Å². The third-order valence-electron chi connectivity index (χ3n) is 4.65. The molecule has 0 saturated carbocycles. The first kappa shape index (κ1) is 17.1. The molecule has 0 aromatic carbocycles. The Morgan fingerprint density at radius 1 is 1.27 bits per heavy atom. The third-order valence-corrected chi connectivity index (χ3v) is 5.83. The molecule has 3 aromatic heterocycles. The second-order valence-corrected chi connectivity index (χ2v) is 7.78. The Morgan fingerprint density at radius 2 is 2.15 bits per heavy atom. The highest BCUT2D eigenvalue weighted by Gasteiger charge is 2.18. The number of fused-ring (bicyclic) bond motifs is 1. The first-order chi connectivity index (χ1) is 12.6. The number of nitrogens with two attached hydrogens (primary N) is 1. The topological polar surface area (TPSA) is 89.6 Å². The summed E-state index contributed by atoms with van der Waals surface area (Å²) in [5, 5.41) is 3.47. The minimum atomic E-state index is 0.551. The molecule has 0 aliphatic carbocycles. The summed E-state index contributed by atoms with van der Waals surface area (Å²) < 4.78 is 0. The van der Waals surface area contributed by atoms with E-state index in [1.54, 1.807) is 23.7 Å². The smallest absolute Gasteiger partial charge is 0.142 e. The van der Waals surface area contributed by atoms with Crippen molar-refractivity contribution in [3.63, 3.8) is 0 Å². The zero-order valence-electron chi connectivity index (χ0n) is 15.0. The van der Waals surface area contributed by atoms with Gasteiger partial charge in [-0.2, -0.15) is 0 Å². The Balaban J connectivity index is 1.64. The molecule has 3 N–H and O–H groups in total. The maximum atomic E-state index is 6.26. The predicted molar refractivity (Wildman–Crippen MR) is 106 cm³/mol. The van der Waals surface area contributed by atoms with Crippen molar-refractivity contribution in [2.45, 2.75) is 32.6 Å². The van der Waals surface area contributed by atoms with E-state index in [1.807, 2.05) is 19.9 Å². The summed E-state index contributed by atoms with van der Waals surface area (Å²) in [5.41, 5.74) is 10.9. The number of hydrogen-bond acceptors (Lipinski definition) is 7. The third kappa shape index (κ3) is 3.45. The Bertz CT molecular complexity index is 971. The zero-order valence-corrected chi connectivity index (χ0v) is 15.8. The van der Waals surface area contributed by atoms with Crippen molar-refractivity contribution in [2.75, 3.05) is 13.1 Å². The van der Waals surface area contributed by atoms with Crippen LogP contribution in [0.1, 0.15) is 46.4 Å². The van der Waals surface area contributed by atoms with E-state index < -0.39 is 0 Å². The van der Waals surface area contributed by atoms with Crippen LogP contribution in [-0.2, 0) is 0 Å². The molecule has 7 heteroatoms. The van der Waals surface area contributed by atoms with Gasteiger partial charge >= 0.3 is 0 Å². The Labute approximate surface area is 156 Å². The standard InChI is InChI=1S/C19H22N6S/c1-11-8-22-15(12(2)24-11)6-14(20)17-10-23-16-7-18(26-19(16)25-17)13-4-3-5-21-9-13/h6-8,10,13,21H,3-5,9,20H2,1-2H3/b14-6-. The van der Waals surface area contributed by atoms with E-state index in [0.717, 1.165) is 40.5 Å². The molecule has 1 saturated heterocycles. The van der Waals surface area contributed by atoms with E-state index >= 15 is 0 Å². The van der Waals surface area contributed by atoms with Crippen LogP contribution in [0, 0.1) is 13.8 Å². The van der Waals surface area contributed by atoms with Crippen LogP contribution in [0.15, 0.2) is 18.5 Å². The van der Waals surface area contributed by atoms with Crippen LogP contribution in [0.4, 0.5) is 0 Å². The molecule has 6 nitrogen and oxygen atoms in total. The summed E-state index contributed by atoms with van der Waals surface area (Å²) in [6.07, 6.45) is 7.74. The summed E-state index contributed by atoms with van der Waals surface area (Å²) >= 11 is 1.72. The van der Waals surface area contributed by atoms with Crippen LogP contribution in [0.2, 0.25) is 0 Å². The van der Waals surface area contributed by atoms with E-state index in [2.05, 4.69) is 26.3 Å². The SMILES string of the molecule is Cc1cnc(/C=C(\N)c2cnc3cc(C4CCCNC4)sc3n2)c(C)n1. The maximum absolute atomic E-state index is 6.26. The number of rotatable bonds is 3. The van der Waals surface area contributed by atoms with Crippen molar-refractivity contribution in [3.8, 4) is 0 Å². The van der Waals surface area contributed by atoms with Crippen molar-refractivity contribution in [2.24, 2.45) is 5.73 Å². The summed E-state index contributed by atoms with van der Waals surface area (Å²) in [6.45, 7) is 6.00. The van der Waals surface area contributed by atoms with Crippen LogP contribution < -0.4 is 11.1 Å². The quantitative estimate of drug-likeness (QED) is 0.741. The van der Waals surface area contributed by atoms with Gasteiger partial charge in [0.1, 0.15) is 16.0 Å². The van der Waals surface area contributed by atoms with Crippen molar-refractivity contribution in [1.29, 1.82) is 0 Å². The van der Waals surface area contributed by atoms with Crippen LogP contribution in [0.5, 0.6) is 0 Å². The van der Waals surface area contributed by atoms with Crippen LogP contribution >= 0.6 is 11.3 Å². The fourth-order valence-electron chi connectivity index (χ4n) is 3.24. The number of piperidine rings is 1. The van der Waals surface area contributed by atoms with E-state index in [-0.39, 0.29) is 0 Å². The molecular weight excluding hydrogens is 344 g/mol. The molecule has 1 atom stereocenters. The Morgan fingerprint density at radius 3 is 2.92 bits per heavy atom. The second kappa shape index (κ2) is 7.09. The van der Waals surface area contributed by atoms with Crippen LogP contribution in [0.25, 0.3) is 22.1 Å². The molecule has 1 unspecified atom stereocenters. The van der Waals surface area contributed by atoms with Gasteiger partial charge in [-0.25, -0.2) is 4.98 Å². The van der Waals surface area contributed by atoms with Gasteiger partial charge in [0.05, 0.1) is 29.0 Å². The molecule has 4 heterocycles. The molecular formula is C19H22N6S. The minimum absolute atomic E-state index is 0.551. The molecule has 0 spiro atoms. The molecule has 3 aromatic rings. The number of aromatic nitrogens is 4. The average molecular weight is 366 g/mol. The molecule has 1 aliphatic heterocycles. The zero-order chi connectivity index (χ0) is 18.1. The second-order valence-electron chi connectivity index (χ2n) is 6.72. The van der Waals surface area contributed by atoms with Gasteiger partial charge in [0, 0.05) is 23.5 Å². The van der Waals surface area contributed by atoms with Crippen molar-refractivity contribution < 1.29 is 0 Å². The van der Waals surface area contributed by atoms with E-state index in [9.17, 15) is 0 Å². The number of thiophene rings is 1. The largest absolute Gasteiger partial charge is 0.397 e. The highest BCUT2D eigenvalue weighted by atomic mass is 32.1. The van der Waals surface area contributed by atoms with E-state index in [4.69, 9.17) is 10.7 Å². The maximum Gasteiger partial charge on any atom is 0.142 e. The molecule has 1 aliphatic rings. The predicted octanol–water partition coefficient (Wildman–Crippen LogP) is 3.02. The normalized spacial score (nSPS) is 18.4. The average Bonchev–Trinajstić information content (AvgIpc) is 3.08. The summed E-state index contributed by atoms with van der Waals surface area (Å²) in [6, 6.07) is 2.17. The summed E-state index contributed by atoms with van der Waals surface area (Å²) in [4.78, 5) is 20.4. The highest BCUT2D eigenvalue weighted by molar-refractivity contribution is 7.18. The molecule has 134 valence electrons. The van der Waals surface area contributed by atoms with Crippen molar-refractivity contribution in [1.82, 2.24) is 25.3 Å². The minimum Gasteiger partial charge on any atom is -0.397 e. The Hall–Kier alpha value is -2.38. The van der Waals surface area contributed by atoms with Gasteiger partial charge in [-0.1, -0.05) is 0 Å². The van der Waals surface area contributed by atoms with E-state index in [0.29, 0.717) is 17.3 Å². The lowest BCUT2D eigenvalue weighted by atomic mass is 9.98. The number of aryl methyl sites for hydroxylation is 2. The lowest BCUT2D eigenvalue weighted by Gasteiger charge is -2.21. The molecule has 4 rings (SSSR count). The molecule has 0 amide bonds. The van der Waals surface area contributed by atoms with Gasteiger partial charge < -0.3 is 11.1 Å². The van der Waals surface area contributed by atoms with Crippen molar-refractivity contribution >= 4 is 33.5 Å². The molecule has 26 heavy (non-hydrogen) atoms. The van der Waals surface area contributed by atoms with E-state index in [1.165, 1.54) is 17.7 Å². The van der Waals surface area contributed by atoms with Crippen molar-refractivity contribution in [3.05, 3.63) is 46.1 Å². The monoisotopic (exact) mass is 366 g/mol.